The Labute approximate surface area is 129 Å². The van der Waals surface area contributed by atoms with Crippen molar-refractivity contribution in [1.29, 1.82) is 0 Å². The zero-order valence-electron chi connectivity index (χ0n) is 13.5. The predicted molar refractivity (Wildman–Crippen MR) is 83.4 cm³/mol. The van der Waals surface area contributed by atoms with Crippen LogP contribution in [0.3, 0.4) is 0 Å². The summed E-state index contributed by atoms with van der Waals surface area (Å²) in [6, 6.07) is 0.0134. The molecule has 0 spiro atoms. The molecule has 0 radical (unpaired) electrons. The van der Waals surface area contributed by atoms with E-state index in [9.17, 15) is 8.42 Å². The van der Waals surface area contributed by atoms with Crippen LogP contribution < -0.4 is 0 Å². The Morgan fingerprint density at radius 3 is 2.38 bits per heavy atom. The minimum atomic E-state index is -3.31. The van der Waals surface area contributed by atoms with Crippen LogP contribution in [0.4, 0.5) is 0 Å². The van der Waals surface area contributed by atoms with Gasteiger partial charge in [-0.3, -0.25) is 0 Å². The Balaban J connectivity index is 1.95. The maximum Gasteiger partial charge on any atom is 0.282 e. The van der Waals surface area contributed by atoms with Gasteiger partial charge in [0.05, 0.1) is 6.61 Å². The molecular formula is C14H29N3O3S. The quantitative estimate of drug-likeness (QED) is 0.720. The zero-order chi connectivity index (χ0) is 15.5. The molecule has 0 N–H and O–H groups in total. The van der Waals surface area contributed by atoms with Crippen LogP contribution in [0.1, 0.15) is 25.7 Å². The van der Waals surface area contributed by atoms with Crippen LogP contribution in [0.5, 0.6) is 0 Å². The lowest BCUT2D eigenvalue weighted by atomic mass is 9.98. The van der Waals surface area contributed by atoms with E-state index in [1.807, 2.05) is 0 Å². The largest absolute Gasteiger partial charge is 0.383 e. The van der Waals surface area contributed by atoms with Gasteiger partial charge in [0.15, 0.2) is 0 Å². The fraction of sp³-hybridized carbons (Fsp3) is 1.00. The molecule has 0 amide bonds. The number of rotatable bonds is 6. The third-order valence-corrected chi connectivity index (χ3v) is 6.59. The summed E-state index contributed by atoms with van der Waals surface area (Å²) in [5, 5.41) is 0. The van der Waals surface area contributed by atoms with Crippen LogP contribution in [0, 0.1) is 5.92 Å². The molecule has 0 saturated carbocycles. The summed E-state index contributed by atoms with van der Waals surface area (Å²) in [4.78, 5) is 2.18. The summed E-state index contributed by atoms with van der Waals surface area (Å²) < 4.78 is 34.1. The van der Waals surface area contributed by atoms with Gasteiger partial charge in [0.1, 0.15) is 0 Å². The summed E-state index contributed by atoms with van der Waals surface area (Å²) in [5.41, 5.74) is 0. The normalized spacial score (nSPS) is 26.8. The van der Waals surface area contributed by atoms with E-state index >= 15 is 0 Å². The molecule has 2 saturated heterocycles. The van der Waals surface area contributed by atoms with Crippen LogP contribution in [0.25, 0.3) is 0 Å². The van der Waals surface area contributed by atoms with Crippen molar-refractivity contribution in [2.24, 2.45) is 5.92 Å². The highest BCUT2D eigenvalue weighted by molar-refractivity contribution is 7.86. The number of hydrogen-bond donors (Lipinski definition) is 0. The van der Waals surface area contributed by atoms with Gasteiger partial charge in [0.25, 0.3) is 10.2 Å². The fourth-order valence-electron chi connectivity index (χ4n) is 3.46. The lowest BCUT2D eigenvalue weighted by molar-refractivity contribution is 0.143. The van der Waals surface area contributed by atoms with E-state index in [1.54, 1.807) is 15.7 Å². The highest BCUT2D eigenvalue weighted by atomic mass is 32.2. The second-order valence-electron chi connectivity index (χ2n) is 6.47. The molecule has 1 atom stereocenters. The van der Waals surface area contributed by atoms with Crippen LogP contribution in [0.2, 0.25) is 0 Å². The van der Waals surface area contributed by atoms with Crippen molar-refractivity contribution in [2.45, 2.75) is 31.7 Å². The average Bonchev–Trinajstić information content (AvgIpc) is 2.88. The second-order valence-corrected chi connectivity index (χ2v) is 8.36. The van der Waals surface area contributed by atoms with Crippen LogP contribution in [0.15, 0.2) is 0 Å². The smallest absolute Gasteiger partial charge is 0.282 e. The standard InChI is InChI=1S/C14H29N3O3S/c1-15(2)11-13-6-9-16(10-7-13)21(18,19)17-8-4-5-14(17)12-20-3/h13-14H,4-12H2,1-3H3. The number of piperidine rings is 1. The Hall–Kier alpha value is -0.210. The van der Waals surface area contributed by atoms with E-state index in [0.29, 0.717) is 32.2 Å². The Bertz CT molecular complexity index is 419. The van der Waals surface area contributed by atoms with Gasteiger partial charge in [0.2, 0.25) is 0 Å². The first-order chi connectivity index (χ1) is 9.95. The van der Waals surface area contributed by atoms with Gasteiger partial charge >= 0.3 is 0 Å². The molecule has 0 aliphatic carbocycles. The van der Waals surface area contributed by atoms with E-state index in [-0.39, 0.29) is 6.04 Å². The number of nitrogens with zero attached hydrogens (tertiary/aromatic N) is 3. The fourth-order valence-corrected chi connectivity index (χ4v) is 5.33. The van der Waals surface area contributed by atoms with Crippen LogP contribution in [-0.2, 0) is 14.9 Å². The van der Waals surface area contributed by atoms with Crippen molar-refractivity contribution >= 4 is 10.2 Å². The third kappa shape index (κ3) is 4.16. The molecule has 0 bridgehead atoms. The number of methoxy groups -OCH3 is 1. The molecule has 124 valence electrons. The molecule has 0 aromatic carbocycles. The molecule has 0 aromatic heterocycles. The molecular weight excluding hydrogens is 290 g/mol. The minimum absolute atomic E-state index is 0.0134. The molecule has 2 fully saturated rings. The molecule has 21 heavy (non-hydrogen) atoms. The Kier molecular flexibility index (Phi) is 6.02. The topological polar surface area (TPSA) is 53.1 Å². The summed E-state index contributed by atoms with van der Waals surface area (Å²) >= 11 is 0. The molecule has 2 rings (SSSR count). The van der Waals surface area contributed by atoms with Gasteiger partial charge in [-0.15, -0.1) is 0 Å². The maximum absolute atomic E-state index is 12.8. The van der Waals surface area contributed by atoms with Crippen LogP contribution >= 0.6 is 0 Å². The molecule has 2 aliphatic heterocycles. The predicted octanol–water partition coefficient (Wildman–Crippen LogP) is 0.616. The molecule has 0 aromatic rings. The summed E-state index contributed by atoms with van der Waals surface area (Å²) in [5.74, 6) is 0.611. The van der Waals surface area contributed by atoms with Crippen molar-refractivity contribution in [3.63, 3.8) is 0 Å². The maximum atomic E-state index is 12.8. The minimum Gasteiger partial charge on any atom is -0.383 e. The first-order valence-electron chi connectivity index (χ1n) is 7.85. The number of ether oxygens (including phenoxy) is 1. The Morgan fingerprint density at radius 2 is 1.81 bits per heavy atom. The summed E-state index contributed by atoms with van der Waals surface area (Å²) in [6.07, 6.45) is 3.76. The van der Waals surface area contributed by atoms with E-state index in [2.05, 4.69) is 19.0 Å². The SMILES string of the molecule is COCC1CCCN1S(=O)(=O)N1CCC(CN(C)C)CC1. The molecule has 7 heteroatoms. The Morgan fingerprint density at radius 1 is 1.14 bits per heavy atom. The first-order valence-corrected chi connectivity index (χ1v) is 9.25. The van der Waals surface area contributed by atoms with Gasteiger partial charge in [-0.1, -0.05) is 0 Å². The van der Waals surface area contributed by atoms with Crippen molar-refractivity contribution < 1.29 is 13.2 Å². The van der Waals surface area contributed by atoms with Crippen molar-refractivity contribution in [3.05, 3.63) is 0 Å². The van der Waals surface area contributed by atoms with Crippen molar-refractivity contribution in [1.82, 2.24) is 13.5 Å². The van der Waals surface area contributed by atoms with Gasteiger partial charge in [0, 0.05) is 39.3 Å². The summed E-state index contributed by atoms with van der Waals surface area (Å²) in [7, 11) is 2.47. The monoisotopic (exact) mass is 319 g/mol. The van der Waals surface area contributed by atoms with E-state index < -0.39 is 10.2 Å². The van der Waals surface area contributed by atoms with Gasteiger partial charge in [-0.05, 0) is 45.7 Å². The van der Waals surface area contributed by atoms with E-state index in [4.69, 9.17) is 4.74 Å². The van der Waals surface area contributed by atoms with Crippen molar-refractivity contribution in [3.8, 4) is 0 Å². The lowest BCUT2D eigenvalue weighted by Gasteiger charge is -2.36. The van der Waals surface area contributed by atoms with E-state index in [0.717, 1.165) is 32.2 Å². The average molecular weight is 319 g/mol. The zero-order valence-corrected chi connectivity index (χ0v) is 14.3. The molecule has 6 nitrogen and oxygen atoms in total. The molecule has 1 unspecified atom stereocenters. The lowest BCUT2D eigenvalue weighted by Crippen LogP contribution is -2.50. The van der Waals surface area contributed by atoms with Gasteiger partial charge in [-0.25, -0.2) is 0 Å². The first kappa shape index (κ1) is 17.1. The highest BCUT2D eigenvalue weighted by Gasteiger charge is 2.39. The molecule has 2 aliphatic rings. The van der Waals surface area contributed by atoms with Crippen LogP contribution in [-0.4, -0.2) is 82.0 Å². The highest BCUT2D eigenvalue weighted by Crippen LogP contribution is 2.27. The number of hydrogen-bond acceptors (Lipinski definition) is 4. The molecule has 2 heterocycles. The third-order valence-electron chi connectivity index (χ3n) is 4.50. The second kappa shape index (κ2) is 7.37. The van der Waals surface area contributed by atoms with Gasteiger partial charge in [-0.2, -0.15) is 17.0 Å². The van der Waals surface area contributed by atoms with Crippen molar-refractivity contribution in [2.75, 3.05) is 54.0 Å². The van der Waals surface area contributed by atoms with Gasteiger partial charge < -0.3 is 9.64 Å². The van der Waals surface area contributed by atoms with E-state index in [1.165, 1.54) is 0 Å². The summed E-state index contributed by atoms with van der Waals surface area (Å²) in [6.45, 7) is 3.47.